The molecule has 2 heterocycles. The molecule has 0 spiro atoms. The summed E-state index contributed by atoms with van der Waals surface area (Å²) in [5.74, 6) is 1.60. The van der Waals surface area contributed by atoms with E-state index in [1.54, 1.807) is 0 Å². The fraction of sp³-hybridized carbons (Fsp3) is 0.737. The molecule has 2 aliphatic carbocycles. The fourth-order valence-corrected chi connectivity index (χ4v) is 4.13. The van der Waals surface area contributed by atoms with Crippen molar-refractivity contribution in [3.8, 4) is 0 Å². The first kappa shape index (κ1) is 15.6. The number of aryl methyl sites for hydroxylation is 1. The minimum absolute atomic E-state index is 0.438. The maximum Gasteiger partial charge on any atom is 0.0888 e. The molecule has 0 bridgehead atoms. The Morgan fingerprint density at radius 3 is 3.00 bits per heavy atom. The number of ether oxygens (including phenoxy) is 2. The topological polar surface area (TPSA) is 34.6 Å². The van der Waals surface area contributed by atoms with Crippen LogP contribution in [0.1, 0.15) is 37.1 Å². The number of hydrogen-bond donors (Lipinski definition) is 0. The van der Waals surface area contributed by atoms with Crippen LogP contribution in [0, 0.1) is 18.8 Å². The number of fused-ring (bicyclic) bond motifs is 1. The normalized spacial score (nSPS) is 31.3. The number of aromatic nitrogens is 1. The van der Waals surface area contributed by atoms with Crippen LogP contribution in [0.15, 0.2) is 18.2 Å². The SMILES string of the molecule is Cc1cccc(COC[C@H]2C[C@@H]3[C@@H](C2)OCCN3CC2CC2)n1. The Morgan fingerprint density at radius 2 is 2.17 bits per heavy atom. The Hall–Kier alpha value is -0.970. The summed E-state index contributed by atoms with van der Waals surface area (Å²) in [5.41, 5.74) is 2.09. The number of rotatable bonds is 6. The van der Waals surface area contributed by atoms with E-state index in [1.165, 1.54) is 25.8 Å². The van der Waals surface area contributed by atoms with Crippen molar-refractivity contribution in [2.24, 2.45) is 11.8 Å². The van der Waals surface area contributed by atoms with Crippen LogP contribution >= 0.6 is 0 Å². The van der Waals surface area contributed by atoms with E-state index in [4.69, 9.17) is 9.47 Å². The quantitative estimate of drug-likeness (QED) is 0.808. The smallest absolute Gasteiger partial charge is 0.0888 e. The van der Waals surface area contributed by atoms with Crippen LogP contribution < -0.4 is 0 Å². The highest BCUT2D eigenvalue weighted by Crippen LogP contribution is 2.37. The molecule has 1 saturated heterocycles. The predicted octanol–water partition coefficient (Wildman–Crippen LogP) is 2.80. The highest BCUT2D eigenvalue weighted by atomic mass is 16.5. The van der Waals surface area contributed by atoms with Gasteiger partial charge in [-0.25, -0.2) is 0 Å². The second kappa shape index (κ2) is 6.88. The van der Waals surface area contributed by atoms with Crippen LogP contribution in [0.4, 0.5) is 0 Å². The summed E-state index contributed by atoms with van der Waals surface area (Å²) < 4.78 is 12.0. The van der Waals surface area contributed by atoms with Crippen LogP contribution in [-0.2, 0) is 16.1 Å². The second-order valence-electron chi connectivity index (χ2n) is 7.54. The molecule has 4 heteroatoms. The van der Waals surface area contributed by atoms with Crippen LogP contribution in [-0.4, -0.2) is 48.3 Å². The van der Waals surface area contributed by atoms with Crippen molar-refractivity contribution < 1.29 is 9.47 Å². The monoisotopic (exact) mass is 316 g/mol. The lowest BCUT2D eigenvalue weighted by atomic mass is 10.1. The van der Waals surface area contributed by atoms with Crippen molar-refractivity contribution in [1.82, 2.24) is 9.88 Å². The van der Waals surface area contributed by atoms with Gasteiger partial charge in [0.2, 0.25) is 0 Å². The third-order valence-electron chi connectivity index (χ3n) is 5.49. The van der Waals surface area contributed by atoms with Gasteiger partial charge in [0.1, 0.15) is 0 Å². The van der Waals surface area contributed by atoms with Gasteiger partial charge in [0.15, 0.2) is 0 Å². The summed E-state index contributed by atoms with van der Waals surface area (Å²) in [6, 6.07) is 6.75. The molecule has 1 aromatic heterocycles. The summed E-state index contributed by atoms with van der Waals surface area (Å²) >= 11 is 0. The number of pyridine rings is 1. The largest absolute Gasteiger partial charge is 0.375 e. The first-order chi connectivity index (χ1) is 11.3. The van der Waals surface area contributed by atoms with Gasteiger partial charge in [-0.3, -0.25) is 9.88 Å². The molecule has 3 atom stereocenters. The third-order valence-corrected chi connectivity index (χ3v) is 5.49. The van der Waals surface area contributed by atoms with Crippen LogP contribution in [0.3, 0.4) is 0 Å². The zero-order chi connectivity index (χ0) is 15.6. The zero-order valence-corrected chi connectivity index (χ0v) is 14.1. The van der Waals surface area contributed by atoms with Crippen molar-refractivity contribution in [1.29, 1.82) is 0 Å². The first-order valence-corrected chi connectivity index (χ1v) is 9.14. The van der Waals surface area contributed by atoms with Gasteiger partial charge in [0, 0.05) is 24.8 Å². The van der Waals surface area contributed by atoms with E-state index in [-0.39, 0.29) is 0 Å². The van der Waals surface area contributed by atoms with Gasteiger partial charge in [-0.1, -0.05) is 6.07 Å². The molecule has 2 saturated carbocycles. The highest BCUT2D eigenvalue weighted by Gasteiger charge is 2.42. The van der Waals surface area contributed by atoms with E-state index in [1.807, 2.05) is 19.1 Å². The van der Waals surface area contributed by atoms with Gasteiger partial charge in [-0.2, -0.15) is 0 Å². The number of morpholine rings is 1. The Bertz CT molecular complexity index is 532. The maximum absolute atomic E-state index is 6.04. The van der Waals surface area contributed by atoms with E-state index in [0.29, 0.717) is 24.7 Å². The van der Waals surface area contributed by atoms with Gasteiger partial charge >= 0.3 is 0 Å². The van der Waals surface area contributed by atoms with Gasteiger partial charge in [0.05, 0.1) is 31.6 Å². The Kier molecular flexibility index (Phi) is 4.65. The molecule has 0 amide bonds. The molecule has 0 unspecified atom stereocenters. The fourth-order valence-electron chi connectivity index (χ4n) is 4.13. The van der Waals surface area contributed by atoms with Gasteiger partial charge in [0.25, 0.3) is 0 Å². The molecular weight excluding hydrogens is 288 g/mol. The number of nitrogens with zero attached hydrogens (tertiary/aromatic N) is 2. The highest BCUT2D eigenvalue weighted by molar-refractivity contribution is 5.09. The molecule has 3 aliphatic rings. The minimum atomic E-state index is 0.438. The molecule has 0 aromatic carbocycles. The average molecular weight is 316 g/mol. The Labute approximate surface area is 139 Å². The molecular formula is C19H28N2O2. The predicted molar refractivity (Wildman–Crippen MR) is 89.2 cm³/mol. The molecule has 1 aliphatic heterocycles. The molecule has 4 nitrogen and oxygen atoms in total. The molecule has 4 rings (SSSR count). The summed E-state index contributed by atoms with van der Waals surface area (Å²) in [4.78, 5) is 7.21. The van der Waals surface area contributed by atoms with Crippen LogP contribution in [0.2, 0.25) is 0 Å². The van der Waals surface area contributed by atoms with E-state index in [2.05, 4.69) is 16.0 Å². The number of hydrogen-bond acceptors (Lipinski definition) is 4. The summed E-state index contributed by atoms with van der Waals surface area (Å²) in [7, 11) is 0. The maximum atomic E-state index is 6.04. The van der Waals surface area contributed by atoms with E-state index < -0.39 is 0 Å². The van der Waals surface area contributed by atoms with Crippen molar-refractivity contribution in [3.63, 3.8) is 0 Å². The third kappa shape index (κ3) is 3.93. The Morgan fingerprint density at radius 1 is 1.26 bits per heavy atom. The molecule has 1 aromatic rings. The van der Waals surface area contributed by atoms with Gasteiger partial charge < -0.3 is 9.47 Å². The Balaban J connectivity index is 1.26. The van der Waals surface area contributed by atoms with E-state index in [0.717, 1.165) is 43.5 Å². The van der Waals surface area contributed by atoms with Crippen LogP contribution in [0.5, 0.6) is 0 Å². The lowest BCUT2D eigenvalue weighted by molar-refractivity contribution is -0.0572. The second-order valence-corrected chi connectivity index (χ2v) is 7.54. The zero-order valence-electron chi connectivity index (χ0n) is 14.1. The van der Waals surface area contributed by atoms with Crippen molar-refractivity contribution in [2.45, 2.75) is 51.4 Å². The van der Waals surface area contributed by atoms with E-state index in [9.17, 15) is 0 Å². The van der Waals surface area contributed by atoms with Gasteiger partial charge in [-0.05, 0) is 56.6 Å². The molecule has 126 valence electrons. The standard InChI is InChI=1S/C19H28N2O2/c1-14-3-2-4-17(20-14)13-22-12-16-9-18-19(10-16)23-8-7-21(18)11-15-5-6-15/h2-4,15-16,18-19H,5-13H2,1H3/t16-,18+,19+/m0/s1. The van der Waals surface area contributed by atoms with E-state index >= 15 is 0 Å². The molecule has 0 radical (unpaired) electrons. The van der Waals surface area contributed by atoms with Crippen molar-refractivity contribution in [3.05, 3.63) is 29.6 Å². The first-order valence-electron chi connectivity index (χ1n) is 9.14. The van der Waals surface area contributed by atoms with Gasteiger partial charge in [-0.15, -0.1) is 0 Å². The lowest BCUT2D eigenvalue weighted by Gasteiger charge is -2.37. The summed E-state index contributed by atoms with van der Waals surface area (Å²) in [5, 5.41) is 0. The molecule has 0 N–H and O–H groups in total. The lowest BCUT2D eigenvalue weighted by Crippen LogP contribution is -2.49. The molecule has 3 fully saturated rings. The van der Waals surface area contributed by atoms with Crippen molar-refractivity contribution >= 4 is 0 Å². The minimum Gasteiger partial charge on any atom is -0.375 e. The van der Waals surface area contributed by atoms with Crippen LogP contribution in [0.25, 0.3) is 0 Å². The summed E-state index contributed by atoms with van der Waals surface area (Å²) in [6.07, 6.45) is 5.70. The van der Waals surface area contributed by atoms with Crippen molar-refractivity contribution in [2.75, 3.05) is 26.3 Å². The summed E-state index contributed by atoms with van der Waals surface area (Å²) in [6.45, 7) is 6.82. The molecule has 23 heavy (non-hydrogen) atoms. The average Bonchev–Trinajstić information content (AvgIpc) is 3.24.